The molecule has 58 heavy (non-hydrogen) atoms. The fourth-order valence-corrected chi connectivity index (χ4v) is 9.21. The van der Waals surface area contributed by atoms with Gasteiger partial charge in [0, 0.05) is 63.2 Å². The zero-order chi connectivity index (χ0) is 41.7. The second-order valence-corrected chi connectivity index (χ2v) is 15.3. The molecule has 9 rings (SSSR count). The minimum atomic E-state index is -4.93. The highest BCUT2D eigenvalue weighted by Gasteiger charge is 2.41. The van der Waals surface area contributed by atoms with Gasteiger partial charge in [0.05, 0.1) is 46.5 Å². The first-order chi connectivity index (χ1) is 27.1. The standard InChI is InChI=1S/C40H14Cl4F8N2O4/c41-23-7-19-27-20(36(56)53(35(19)55)11-13-1-15(39(47,48)49)5-17(45)3-13)8-24(42)30-32-26(44)10-22-28-21(9-25(43)31(34(28)32)29(23)33(27)30)37(57)54(38(22)58)12-14-2-16(40(50,51)52)6-18(46)4-14/h1-10H,11-12H2. The SMILES string of the molecule is O=C1c2cc(Cl)c3c4c(Cl)cc5c6c(cc(Cl)c(c7c(Cl)cc(c2c37)C(=O)N1Cc1cc(F)cc(C(F)(F)F)c1)c64)C(=O)N(Cc1cc(F)cc(C(F)(F)F)c1)C5=O. The smallest absolute Gasteiger partial charge is 0.270 e. The van der Waals surface area contributed by atoms with Crippen LogP contribution in [0.15, 0.2) is 60.7 Å². The first-order valence-electron chi connectivity index (χ1n) is 16.6. The van der Waals surface area contributed by atoms with Gasteiger partial charge in [0.15, 0.2) is 0 Å². The summed E-state index contributed by atoms with van der Waals surface area (Å²) >= 11 is 27.7. The molecule has 0 saturated heterocycles. The highest BCUT2D eigenvalue weighted by Crippen LogP contribution is 2.54. The Morgan fingerprint density at radius 1 is 0.397 bits per heavy atom. The minimum Gasteiger partial charge on any atom is -0.270 e. The Morgan fingerprint density at radius 3 is 0.931 bits per heavy atom. The Balaban J connectivity index is 1.25. The lowest BCUT2D eigenvalue weighted by molar-refractivity contribution is -0.138. The molecule has 0 aliphatic carbocycles. The van der Waals surface area contributed by atoms with Crippen molar-refractivity contribution in [2.45, 2.75) is 25.4 Å². The first-order valence-corrected chi connectivity index (χ1v) is 18.1. The van der Waals surface area contributed by atoms with Gasteiger partial charge in [0.25, 0.3) is 23.6 Å². The number of hydrogen-bond acceptors (Lipinski definition) is 4. The van der Waals surface area contributed by atoms with E-state index in [9.17, 15) is 54.3 Å². The topological polar surface area (TPSA) is 74.8 Å². The molecule has 2 aliphatic rings. The van der Waals surface area contributed by atoms with Crippen LogP contribution in [0.2, 0.25) is 20.1 Å². The van der Waals surface area contributed by atoms with Crippen LogP contribution >= 0.6 is 46.4 Å². The molecule has 0 bridgehead atoms. The molecule has 292 valence electrons. The number of benzene rings is 7. The number of fused-ring (bicyclic) bond motifs is 2. The van der Waals surface area contributed by atoms with E-state index in [1.807, 2.05) is 0 Å². The van der Waals surface area contributed by atoms with Crippen molar-refractivity contribution in [3.8, 4) is 0 Å². The van der Waals surface area contributed by atoms with Crippen LogP contribution in [-0.4, -0.2) is 33.4 Å². The van der Waals surface area contributed by atoms with Crippen molar-refractivity contribution in [1.82, 2.24) is 9.80 Å². The van der Waals surface area contributed by atoms with Crippen LogP contribution in [-0.2, 0) is 25.4 Å². The van der Waals surface area contributed by atoms with E-state index < -0.39 is 71.8 Å². The molecule has 0 unspecified atom stereocenters. The lowest BCUT2D eigenvalue weighted by atomic mass is 9.82. The monoisotopic (exact) mass is 878 g/mol. The molecular weight excluding hydrogens is 866 g/mol. The van der Waals surface area contributed by atoms with Gasteiger partial charge in [-0.05, 0) is 71.8 Å². The molecule has 0 aromatic heterocycles. The fourth-order valence-electron chi connectivity index (χ4n) is 8.02. The second-order valence-electron chi connectivity index (χ2n) is 13.7. The lowest BCUT2D eigenvalue weighted by Gasteiger charge is -2.31. The Morgan fingerprint density at radius 2 is 0.672 bits per heavy atom. The Hall–Kier alpha value is -5.28. The van der Waals surface area contributed by atoms with Crippen LogP contribution in [0.4, 0.5) is 35.1 Å². The lowest BCUT2D eigenvalue weighted by Crippen LogP contribution is -2.40. The molecule has 0 radical (unpaired) electrons. The Bertz CT molecular complexity index is 2770. The predicted molar refractivity (Wildman–Crippen MR) is 199 cm³/mol. The molecule has 0 saturated carbocycles. The van der Waals surface area contributed by atoms with Crippen LogP contribution in [0.5, 0.6) is 0 Å². The molecule has 4 amide bonds. The summed E-state index contributed by atoms with van der Waals surface area (Å²) in [5.41, 5.74) is -4.02. The number of amides is 4. The summed E-state index contributed by atoms with van der Waals surface area (Å²) in [4.78, 5) is 57.5. The molecule has 0 fully saturated rings. The summed E-state index contributed by atoms with van der Waals surface area (Å²) in [6, 6.07) is 8.10. The number of carbonyl (C=O) groups excluding carboxylic acids is 4. The van der Waals surface area contributed by atoms with Gasteiger partial charge >= 0.3 is 12.4 Å². The van der Waals surface area contributed by atoms with E-state index in [1.165, 1.54) is 24.3 Å². The van der Waals surface area contributed by atoms with Crippen molar-refractivity contribution in [2.24, 2.45) is 0 Å². The molecule has 18 heteroatoms. The summed E-state index contributed by atoms with van der Waals surface area (Å²) in [5, 5.41) is 0.197. The number of rotatable bonds is 4. The summed E-state index contributed by atoms with van der Waals surface area (Å²) in [6.45, 7) is -1.52. The van der Waals surface area contributed by atoms with Gasteiger partial charge in [0.2, 0.25) is 0 Å². The number of alkyl halides is 6. The number of hydrogen-bond donors (Lipinski definition) is 0. The zero-order valence-electron chi connectivity index (χ0n) is 28.3. The van der Waals surface area contributed by atoms with Gasteiger partial charge in [-0.3, -0.25) is 29.0 Å². The van der Waals surface area contributed by atoms with Gasteiger partial charge in [-0.15, -0.1) is 0 Å². The van der Waals surface area contributed by atoms with Crippen molar-refractivity contribution in [2.75, 3.05) is 0 Å². The molecule has 7 aromatic carbocycles. The molecule has 2 heterocycles. The van der Waals surface area contributed by atoms with E-state index in [0.29, 0.717) is 21.9 Å². The van der Waals surface area contributed by atoms with E-state index in [0.717, 1.165) is 12.1 Å². The fraction of sp³-hybridized carbons (Fsp3) is 0.100. The largest absolute Gasteiger partial charge is 0.416 e. The summed E-state index contributed by atoms with van der Waals surface area (Å²) in [6.07, 6.45) is -9.86. The average Bonchev–Trinajstić information content (AvgIpc) is 3.13. The summed E-state index contributed by atoms with van der Waals surface area (Å²) in [5.74, 6) is -6.43. The van der Waals surface area contributed by atoms with E-state index in [-0.39, 0.29) is 109 Å². The van der Waals surface area contributed by atoms with Gasteiger partial charge < -0.3 is 0 Å². The molecule has 6 nitrogen and oxygen atoms in total. The van der Waals surface area contributed by atoms with E-state index >= 15 is 0 Å². The molecular formula is C40H14Cl4F8N2O4. The van der Waals surface area contributed by atoms with Gasteiger partial charge in [-0.1, -0.05) is 46.4 Å². The second kappa shape index (κ2) is 12.6. The van der Waals surface area contributed by atoms with Crippen LogP contribution in [0, 0.1) is 11.6 Å². The molecule has 0 N–H and O–H groups in total. The minimum absolute atomic E-state index is 0.0260. The highest BCUT2D eigenvalue weighted by atomic mass is 35.5. The number of imide groups is 2. The molecule has 0 spiro atoms. The zero-order valence-corrected chi connectivity index (χ0v) is 31.3. The highest BCUT2D eigenvalue weighted by molar-refractivity contribution is 6.56. The normalized spacial score (nSPS) is 14.8. The van der Waals surface area contributed by atoms with Gasteiger partial charge in [-0.2, -0.15) is 26.3 Å². The molecule has 7 aromatic rings. The van der Waals surface area contributed by atoms with E-state index in [4.69, 9.17) is 46.4 Å². The molecule has 2 aliphatic heterocycles. The maximum absolute atomic E-state index is 14.3. The van der Waals surface area contributed by atoms with Crippen molar-refractivity contribution in [3.05, 3.63) is 137 Å². The predicted octanol–water partition coefficient (Wildman–Crippen LogP) is 12.3. The van der Waals surface area contributed by atoms with E-state index in [1.54, 1.807) is 0 Å². The van der Waals surface area contributed by atoms with Crippen molar-refractivity contribution >= 4 is 113 Å². The van der Waals surface area contributed by atoms with Gasteiger partial charge in [-0.25, -0.2) is 8.78 Å². The third-order valence-corrected chi connectivity index (χ3v) is 11.5. The molecule has 0 atom stereocenters. The maximum atomic E-state index is 14.3. The van der Waals surface area contributed by atoms with Crippen molar-refractivity contribution in [3.63, 3.8) is 0 Å². The summed E-state index contributed by atoms with van der Waals surface area (Å²) in [7, 11) is 0. The quantitative estimate of drug-likeness (QED) is 0.0764. The average molecular weight is 880 g/mol. The van der Waals surface area contributed by atoms with Crippen molar-refractivity contribution < 1.29 is 54.3 Å². The van der Waals surface area contributed by atoms with Crippen LogP contribution in [0.25, 0.3) is 43.1 Å². The third-order valence-electron chi connectivity index (χ3n) is 10.3. The maximum Gasteiger partial charge on any atom is 0.416 e. The van der Waals surface area contributed by atoms with Crippen LogP contribution < -0.4 is 0 Å². The number of halogens is 12. The number of nitrogens with zero attached hydrogens (tertiary/aromatic N) is 2. The van der Waals surface area contributed by atoms with Crippen LogP contribution in [0.3, 0.4) is 0 Å². The van der Waals surface area contributed by atoms with Crippen molar-refractivity contribution in [1.29, 1.82) is 0 Å². The van der Waals surface area contributed by atoms with Crippen LogP contribution in [0.1, 0.15) is 63.7 Å². The third kappa shape index (κ3) is 5.52. The Labute approximate surface area is 338 Å². The number of carbonyl (C=O) groups is 4. The Kier molecular flexibility index (Phi) is 8.32. The van der Waals surface area contributed by atoms with Gasteiger partial charge in [0.1, 0.15) is 11.6 Å². The first kappa shape index (κ1) is 38.2. The van der Waals surface area contributed by atoms with E-state index in [2.05, 4.69) is 0 Å². The summed E-state index contributed by atoms with van der Waals surface area (Å²) < 4.78 is 110.